The van der Waals surface area contributed by atoms with E-state index in [1.165, 1.54) is 0 Å². The van der Waals surface area contributed by atoms with Crippen molar-refractivity contribution >= 4 is 5.69 Å². The standard InChI is InChI=1S/C10H9N3.H3N/c11-10-7-13-5-3-9(10)8-2-1-4-12-6-8;/h1-7H,11H2;1H3. The highest BCUT2D eigenvalue weighted by Crippen LogP contribution is 2.22. The van der Waals surface area contributed by atoms with E-state index in [9.17, 15) is 0 Å². The Bertz CT molecular complexity index is 400. The smallest absolute Gasteiger partial charge is 0.0580 e. The number of nitrogens with zero attached hydrogens (tertiary/aromatic N) is 2. The zero-order chi connectivity index (χ0) is 9.10. The minimum atomic E-state index is 0. The maximum atomic E-state index is 5.76. The van der Waals surface area contributed by atoms with Gasteiger partial charge in [-0.1, -0.05) is 6.07 Å². The van der Waals surface area contributed by atoms with E-state index in [1.807, 2.05) is 18.2 Å². The third kappa shape index (κ3) is 1.86. The third-order valence-electron chi connectivity index (χ3n) is 1.82. The van der Waals surface area contributed by atoms with Gasteiger partial charge in [-0.3, -0.25) is 9.97 Å². The van der Waals surface area contributed by atoms with Crippen LogP contribution in [0.1, 0.15) is 0 Å². The summed E-state index contributed by atoms with van der Waals surface area (Å²) < 4.78 is 0. The number of anilines is 1. The molecule has 0 saturated heterocycles. The Morgan fingerprint density at radius 2 is 1.79 bits per heavy atom. The second kappa shape index (κ2) is 4.34. The number of nitrogen functional groups attached to an aromatic ring is 1. The maximum Gasteiger partial charge on any atom is 0.0580 e. The average Bonchev–Trinajstić information content (AvgIpc) is 2.20. The molecule has 0 atom stereocenters. The van der Waals surface area contributed by atoms with E-state index in [-0.39, 0.29) is 6.15 Å². The van der Waals surface area contributed by atoms with Gasteiger partial charge in [-0.05, 0) is 12.1 Å². The first-order chi connectivity index (χ1) is 6.38. The highest BCUT2D eigenvalue weighted by Gasteiger charge is 2.00. The van der Waals surface area contributed by atoms with Crippen LogP contribution in [0.4, 0.5) is 5.69 Å². The fourth-order valence-electron chi connectivity index (χ4n) is 1.19. The molecule has 2 aromatic rings. The number of hydrogen-bond donors (Lipinski definition) is 2. The van der Waals surface area contributed by atoms with Crippen LogP contribution in [0.2, 0.25) is 0 Å². The number of pyridine rings is 2. The van der Waals surface area contributed by atoms with Gasteiger partial charge in [-0.2, -0.15) is 0 Å². The van der Waals surface area contributed by atoms with Gasteiger partial charge in [0.05, 0.1) is 11.9 Å². The van der Waals surface area contributed by atoms with Crippen molar-refractivity contribution in [2.24, 2.45) is 0 Å². The summed E-state index contributed by atoms with van der Waals surface area (Å²) in [6.07, 6.45) is 6.88. The number of aromatic nitrogens is 2. The third-order valence-corrected chi connectivity index (χ3v) is 1.82. The van der Waals surface area contributed by atoms with Crippen molar-refractivity contribution < 1.29 is 0 Å². The fraction of sp³-hybridized carbons (Fsp3) is 0. The van der Waals surface area contributed by atoms with Gasteiger partial charge in [0.2, 0.25) is 0 Å². The molecule has 2 rings (SSSR count). The van der Waals surface area contributed by atoms with Crippen molar-refractivity contribution in [3.05, 3.63) is 43.0 Å². The predicted octanol–water partition coefficient (Wildman–Crippen LogP) is 1.89. The van der Waals surface area contributed by atoms with E-state index in [0.717, 1.165) is 11.1 Å². The first kappa shape index (κ1) is 10.1. The van der Waals surface area contributed by atoms with Gasteiger partial charge in [0.15, 0.2) is 0 Å². The molecule has 0 aliphatic rings. The molecule has 0 unspecified atom stereocenters. The molecule has 0 aliphatic carbocycles. The first-order valence-corrected chi connectivity index (χ1v) is 3.98. The molecular weight excluding hydrogens is 176 g/mol. The molecule has 5 N–H and O–H groups in total. The first-order valence-electron chi connectivity index (χ1n) is 3.98. The lowest BCUT2D eigenvalue weighted by molar-refractivity contribution is 1.31. The predicted molar refractivity (Wildman–Crippen MR) is 56.9 cm³/mol. The molecule has 2 aromatic heterocycles. The quantitative estimate of drug-likeness (QED) is 0.715. The zero-order valence-corrected chi connectivity index (χ0v) is 7.72. The van der Waals surface area contributed by atoms with E-state index in [1.54, 1.807) is 24.8 Å². The van der Waals surface area contributed by atoms with E-state index < -0.39 is 0 Å². The molecule has 2 heterocycles. The topological polar surface area (TPSA) is 86.8 Å². The Morgan fingerprint density at radius 1 is 1.00 bits per heavy atom. The molecule has 14 heavy (non-hydrogen) atoms. The van der Waals surface area contributed by atoms with Crippen molar-refractivity contribution in [3.63, 3.8) is 0 Å². The molecule has 0 bridgehead atoms. The summed E-state index contributed by atoms with van der Waals surface area (Å²) in [6, 6.07) is 5.74. The highest BCUT2D eigenvalue weighted by molar-refractivity contribution is 5.74. The lowest BCUT2D eigenvalue weighted by atomic mass is 10.1. The molecule has 72 valence electrons. The molecule has 0 radical (unpaired) electrons. The van der Waals surface area contributed by atoms with Crippen LogP contribution in [0.15, 0.2) is 43.0 Å². The molecule has 4 nitrogen and oxygen atoms in total. The Morgan fingerprint density at radius 3 is 2.43 bits per heavy atom. The summed E-state index contributed by atoms with van der Waals surface area (Å²) in [4.78, 5) is 7.95. The second-order valence-corrected chi connectivity index (χ2v) is 2.70. The second-order valence-electron chi connectivity index (χ2n) is 2.70. The Hall–Kier alpha value is -1.94. The lowest BCUT2D eigenvalue weighted by Crippen LogP contribution is -1.90. The van der Waals surface area contributed by atoms with Crippen molar-refractivity contribution in [2.45, 2.75) is 0 Å². The summed E-state index contributed by atoms with van der Waals surface area (Å²) in [5, 5.41) is 0. The molecule has 0 aliphatic heterocycles. The number of hydrogen-bond acceptors (Lipinski definition) is 4. The molecule has 0 spiro atoms. The average molecular weight is 188 g/mol. The van der Waals surface area contributed by atoms with E-state index in [2.05, 4.69) is 9.97 Å². The van der Waals surface area contributed by atoms with Crippen LogP contribution in [0.25, 0.3) is 11.1 Å². The van der Waals surface area contributed by atoms with Gasteiger partial charge >= 0.3 is 0 Å². The van der Waals surface area contributed by atoms with Gasteiger partial charge < -0.3 is 11.9 Å². The Kier molecular flexibility index (Phi) is 3.14. The van der Waals surface area contributed by atoms with Crippen LogP contribution in [-0.4, -0.2) is 9.97 Å². The van der Waals surface area contributed by atoms with Gasteiger partial charge in [-0.15, -0.1) is 0 Å². The monoisotopic (exact) mass is 188 g/mol. The van der Waals surface area contributed by atoms with Gasteiger partial charge in [0.1, 0.15) is 0 Å². The molecule has 0 amide bonds. The molecule has 4 heteroatoms. The molecular formula is C10H12N4. The largest absolute Gasteiger partial charge is 0.397 e. The maximum absolute atomic E-state index is 5.76. The van der Waals surface area contributed by atoms with Gasteiger partial charge in [0.25, 0.3) is 0 Å². The summed E-state index contributed by atoms with van der Waals surface area (Å²) in [5.41, 5.74) is 8.43. The minimum absolute atomic E-state index is 0. The zero-order valence-electron chi connectivity index (χ0n) is 7.72. The minimum Gasteiger partial charge on any atom is -0.397 e. The molecule has 0 saturated carbocycles. The molecule has 0 aromatic carbocycles. The Labute approximate surface area is 82.4 Å². The van der Waals surface area contributed by atoms with E-state index in [0.29, 0.717) is 5.69 Å². The van der Waals surface area contributed by atoms with Gasteiger partial charge in [-0.25, -0.2) is 0 Å². The SMILES string of the molecule is N.Nc1cnccc1-c1cccnc1. The van der Waals surface area contributed by atoms with Crippen LogP contribution in [0.3, 0.4) is 0 Å². The van der Waals surface area contributed by atoms with Crippen molar-refractivity contribution in [1.82, 2.24) is 16.1 Å². The summed E-state index contributed by atoms with van der Waals surface area (Å²) in [6.45, 7) is 0. The fourth-order valence-corrected chi connectivity index (χ4v) is 1.19. The van der Waals surface area contributed by atoms with Crippen LogP contribution in [0.5, 0.6) is 0 Å². The van der Waals surface area contributed by atoms with Crippen LogP contribution in [-0.2, 0) is 0 Å². The van der Waals surface area contributed by atoms with Crippen LogP contribution in [0, 0.1) is 0 Å². The Balaban J connectivity index is 0.000000980. The van der Waals surface area contributed by atoms with Crippen molar-refractivity contribution in [3.8, 4) is 11.1 Å². The molecule has 0 fully saturated rings. The number of nitrogens with two attached hydrogens (primary N) is 1. The van der Waals surface area contributed by atoms with Crippen molar-refractivity contribution in [2.75, 3.05) is 5.73 Å². The number of rotatable bonds is 1. The lowest BCUT2D eigenvalue weighted by Gasteiger charge is -2.02. The van der Waals surface area contributed by atoms with Gasteiger partial charge in [0, 0.05) is 29.7 Å². The van der Waals surface area contributed by atoms with Crippen LogP contribution >= 0.6 is 0 Å². The summed E-state index contributed by atoms with van der Waals surface area (Å²) in [7, 11) is 0. The van der Waals surface area contributed by atoms with Crippen molar-refractivity contribution in [1.29, 1.82) is 0 Å². The normalized spacial score (nSPS) is 9.14. The summed E-state index contributed by atoms with van der Waals surface area (Å²) >= 11 is 0. The van der Waals surface area contributed by atoms with E-state index >= 15 is 0 Å². The van der Waals surface area contributed by atoms with Crippen LogP contribution < -0.4 is 11.9 Å². The highest BCUT2D eigenvalue weighted by atomic mass is 14.7. The summed E-state index contributed by atoms with van der Waals surface area (Å²) in [5.74, 6) is 0. The van der Waals surface area contributed by atoms with E-state index in [4.69, 9.17) is 5.73 Å².